The van der Waals surface area contributed by atoms with Crippen molar-refractivity contribution >= 4 is 40.6 Å². The Hall–Kier alpha value is -2.74. The van der Waals surface area contributed by atoms with Gasteiger partial charge in [-0.25, -0.2) is 9.37 Å². The van der Waals surface area contributed by atoms with Crippen LogP contribution in [0, 0.1) is 5.82 Å². The monoisotopic (exact) mass is 461 g/mol. The number of anilines is 1. The molecule has 3 heterocycles. The highest BCUT2D eigenvalue weighted by atomic mass is 35.5. The number of ether oxygens (including phenoxy) is 1. The van der Waals surface area contributed by atoms with Crippen LogP contribution in [0.1, 0.15) is 32.0 Å². The number of carbonyl (C=O) groups is 2. The molecule has 2 aromatic heterocycles. The Morgan fingerprint density at radius 2 is 1.87 bits per heavy atom. The van der Waals surface area contributed by atoms with Crippen molar-refractivity contribution in [2.75, 3.05) is 31.2 Å². The third kappa shape index (κ3) is 4.63. The first-order chi connectivity index (χ1) is 14.9. The molecule has 3 aromatic rings. The molecule has 1 aromatic carbocycles. The number of hydrogen-bond acceptors (Lipinski definition) is 5. The highest BCUT2D eigenvalue weighted by molar-refractivity contribution is 6.37. The van der Waals surface area contributed by atoms with E-state index in [1.54, 1.807) is 12.3 Å². The number of H-pyrrole nitrogens is 1. The molecule has 4 rings (SSSR count). The molecule has 0 aliphatic carbocycles. The zero-order valence-electron chi connectivity index (χ0n) is 16.3. The summed E-state index contributed by atoms with van der Waals surface area (Å²) < 4.78 is 19.7. The normalized spacial score (nSPS) is 14.0. The van der Waals surface area contributed by atoms with E-state index in [1.165, 1.54) is 24.4 Å². The fraction of sp³-hybridized carbons (Fsp3) is 0.227. The number of pyridine rings is 1. The summed E-state index contributed by atoms with van der Waals surface area (Å²) in [4.78, 5) is 34.7. The summed E-state index contributed by atoms with van der Waals surface area (Å²) >= 11 is 11.8. The van der Waals surface area contributed by atoms with E-state index in [0.29, 0.717) is 13.2 Å². The molecule has 0 saturated carbocycles. The molecule has 1 saturated heterocycles. The van der Waals surface area contributed by atoms with Crippen molar-refractivity contribution in [1.82, 2.24) is 9.97 Å². The fourth-order valence-corrected chi connectivity index (χ4v) is 3.77. The average Bonchev–Trinajstić information content (AvgIpc) is 3.28. The highest BCUT2D eigenvalue weighted by Crippen LogP contribution is 2.28. The maximum Gasteiger partial charge on any atom is 0.199 e. The van der Waals surface area contributed by atoms with E-state index in [0.717, 1.165) is 24.5 Å². The Kier molecular flexibility index (Phi) is 6.36. The van der Waals surface area contributed by atoms with Gasteiger partial charge in [0, 0.05) is 37.5 Å². The lowest BCUT2D eigenvalue weighted by atomic mass is 10.0. The van der Waals surface area contributed by atoms with E-state index in [1.807, 2.05) is 6.07 Å². The van der Waals surface area contributed by atoms with E-state index < -0.39 is 11.6 Å². The van der Waals surface area contributed by atoms with Crippen LogP contribution in [0.25, 0.3) is 0 Å². The first kappa shape index (κ1) is 21.5. The van der Waals surface area contributed by atoms with Crippen LogP contribution in [0.2, 0.25) is 10.0 Å². The molecule has 0 bridgehead atoms. The molecule has 31 heavy (non-hydrogen) atoms. The first-order valence-corrected chi connectivity index (χ1v) is 10.4. The summed E-state index contributed by atoms with van der Waals surface area (Å²) in [7, 11) is 0. The quantitative estimate of drug-likeness (QED) is 0.436. The molecule has 9 heteroatoms. The molecule has 1 fully saturated rings. The zero-order chi connectivity index (χ0) is 22.0. The summed E-state index contributed by atoms with van der Waals surface area (Å²) in [5.74, 6) is -0.961. The van der Waals surface area contributed by atoms with E-state index in [-0.39, 0.29) is 39.1 Å². The molecule has 1 N–H and O–H groups in total. The van der Waals surface area contributed by atoms with Crippen molar-refractivity contribution in [2.24, 2.45) is 0 Å². The van der Waals surface area contributed by atoms with Gasteiger partial charge >= 0.3 is 0 Å². The van der Waals surface area contributed by atoms with Gasteiger partial charge < -0.3 is 14.6 Å². The van der Waals surface area contributed by atoms with E-state index >= 15 is 0 Å². The van der Waals surface area contributed by atoms with Crippen molar-refractivity contribution < 1.29 is 18.7 Å². The van der Waals surface area contributed by atoms with Gasteiger partial charge in [-0.2, -0.15) is 0 Å². The molecule has 0 spiro atoms. The standard InChI is InChI=1S/C22H18Cl2FN3O3/c23-15-1-2-16(24)21(25)20(15)22(30)14-11-17(27-12-14)18(29)9-13-3-4-26-19(10-13)28-5-7-31-8-6-28/h1-4,10-12,27H,5-9H2. The highest BCUT2D eigenvalue weighted by Gasteiger charge is 2.22. The summed E-state index contributed by atoms with van der Waals surface area (Å²) in [6.07, 6.45) is 3.15. The number of hydrogen-bond donors (Lipinski definition) is 1. The number of ketones is 2. The van der Waals surface area contributed by atoms with Crippen LogP contribution in [-0.4, -0.2) is 47.8 Å². The molecular formula is C22H18Cl2FN3O3. The molecule has 0 amide bonds. The average molecular weight is 462 g/mol. The third-order valence-electron chi connectivity index (χ3n) is 5.03. The van der Waals surface area contributed by atoms with Crippen molar-refractivity contribution in [3.8, 4) is 0 Å². The molecule has 0 unspecified atom stereocenters. The molecular weight excluding hydrogens is 444 g/mol. The van der Waals surface area contributed by atoms with Crippen LogP contribution in [0.15, 0.2) is 42.7 Å². The first-order valence-electron chi connectivity index (χ1n) is 9.61. The van der Waals surface area contributed by atoms with Crippen molar-refractivity contribution in [1.29, 1.82) is 0 Å². The maximum atomic E-state index is 14.3. The number of nitrogens with one attached hydrogen (secondary N) is 1. The largest absolute Gasteiger partial charge is 0.378 e. The molecule has 1 aliphatic rings. The van der Waals surface area contributed by atoms with Crippen LogP contribution in [0.3, 0.4) is 0 Å². The number of rotatable bonds is 6. The van der Waals surface area contributed by atoms with Crippen LogP contribution in [-0.2, 0) is 11.2 Å². The summed E-state index contributed by atoms with van der Waals surface area (Å²) in [6.45, 7) is 2.77. The van der Waals surface area contributed by atoms with Gasteiger partial charge in [-0.15, -0.1) is 0 Å². The van der Waals surface area contributed by atoms with Gasteiger partial charge in [0.2, 0.25) is 0 Å². The lowest BCUT2D eigenvalue weighted by Crippen LogP contribution is -2.36. The van der Waals surface area contributed by atoms with Crippen LogP contribution in [0.4, 0.5) is 10.2 Å². The van der Waals surface area contributed by atoms with Gasteiger partial charge in [-0.1, -0.05) is 23.2 Å². The molecule has 6 nitrogen and oxygen atoms in total. The molecule has 1 aliphatic heterocycles. The topological polar surface area (TPSA) is 75.3 Å². The third-order valence-corrected chi connectivity index (χ3v) is 5.63. The number of aromatic nitrogens is 2. The Bertz CT molecular complexity index is 1140. The van der Waals surface area contributed by atoms with E-state index in [9.17, 15) is 14.0 Å². The van der Waals surface area contributed by atoms with Crippen LogP contribution in [0.5, 0.6) is 0 Å². The predicted molar refractivity (Wildman–Crippen MR) is 116 cm³/mol. The number of nitrogens with zero attached hydrogens (tertiary/aromatic N) is 2. The van der Waals surface area contributed by atoms with Gasteiger partial charge in [0.25, 0.3) is 0 Å². The van der Waals surface area contributed by atoms with E-state index in [4.69, 9.17) is 27.9 Å². The summed E-state index contributed by atoms with van der Waals surface area (Å²) in [5.41, 5.74) is 0.839. The fourth-order valence-electron chi connectivity index (χ4n) is 3.38. The van der Waals surface area contributed by atoms with Gasteiger partial charge in [0.1, 0.15) is 5.82 Å². The molecule has 0 atom stereocenters. The van der Waals surface area contributed by atoms with Crippen molar-refractivity contribution in [3.63, 3.8) is 0 Å². The van der Waals surface area contributed by atoms with Crippen LogP contribution >= 0.6 is 23.2 Å². The lowest BCUT2D eigenvalue weighted by Gasteiger charge is -2.27. The second-order valence-electron chi connectivity index (χ2n) is 7.07. The minimum Gasteiger partial charge on any atom is -0.378 e. The Morgan fingerprint density at radius 1 is 1.13 bits per heavy atom. The number of benzene rings is 1. The minimum atomic E-state index is -0.888. The second kappa shape index (κ2) is 9.18. The Balaban J connectivity index is 1.50. The minimum absolute atomic E-state index is 0.0478. The second-order valence-corrected chi connectivity index (χ2v) is 7.89. The maximum absolute atomic E-state index is 14.3. The lowest BCUT2D eigenvalue weighted by molar-refractivity contribution is 0.0988. The zero-order valence-corrected chi connectivity index (χ0v) is 17.8. The number of carbonyl (C=O) groups excluding carboxylic acids is 2. The van der Waals surface area contributed by atoms with Crippen LogP contribution < -0.4 is 4.90 Å². The SMILES string of the molecule is O=C(Cc1ccnc(N2CCOCC2)c1)c1cc(C(=O)c2c(Cl)ccc(Cl)c2F)c[nH]1. The number of halogens is 3. The van der Waals surface area contributed by atoms with Gasteiger partial charge in [0.15, 0.2) is 17.4 Å². The number of aromatic amines is 1. The number of morpholine rings is 1. The van der Waals surface area contributed by atoms with Crippen molar-refractivity contribution in [2.45, 2.75) is 6.42 Å². The van der Waals surface area contributed by atoms with E-state index in [2.05, 4.69) is 14.9 Å². The Morgan fingerprint density at radius 3 is 2.65 bits per heavy atom. The molecule has 0 radical (unpaired) electrons. The van der Waals surface area contributed by atoms with Gasteiger partial charge in [-0.3, -0.25) is 9.59 Å². The number of Topliss-reactive ketones (excluding diaryl/α,β-unsaturated/α-hetero) is 1. The predicted octanol–water partition coefficient (Wildman–Crippen LogP) is 4.35. The van der Waals surface area contributed by atoms with Crippen molar-refractivity contribution in [3.05, 3.63) is 81.0 Å². The summed E-state index contributed by atoms with van der Waals surface area (Å²) in [5, 5.41) is -0.248. The summed E-state index contributed by atoms with van der Waals surface area (Å²) in [6, 6.07) is 7.68. The van der Waals surface area contributed by atoms with Gasteiger partial charge in [0.05, 0.1) is 34.5 Å². The Labute approximate surface area is 187 Å². The molecule has 160 valence electrons. The smallest absolute Gasteiger partial charge is 0.199 e. The van der Waals surface area contributed by atoms with Gasteiger partial charge in [-0.05, 0) is 35.9 Å².